The summed E-state index contributed by atoms with van der Waals surface area (Å²) in [6, 6.07) is 5.64. The number of hydrogen-bond donors (Lipinski definition) is 1. The molecule has 0 aromatic heterocycles. The van der Waals surface area contributed by atoms with Gasteiger partial charge in [0, 0.05) is 5.02 Å². The van der Waals surface area contributed by atoms with Crippen LogP contribution in [0.25, 0.3) is 0 Å². The number of hydrogen-bond acceptors (Lipinski definition) is 1. The second kappa shape index (κ2) is 3.28. The van der Waals surface area contributed by atoms with Crippen LogP contribution in [0.3, 0.4) is 0 Å². The highest BCUT2D eigenvalue weighted by atomic mass is 35.5. The zero-order chi connectivity index (χ0) is 10.3. The lowest BCUT2D eigenvalue weighted by molar-refractivity contribution is -0.138. The molecule has 0 radical (unpaired) electrons. The predicted molar refractivity (Wildman–Crippen MR) is 54.7 cm³/mol. The topological polar surface area (TPSA) is 37.3 Å². The molecular formula is C11H11ClO2. The van der Waals surface area contributed by atoms with Crippen molar-refractivity contribution in [1.29, 1.82) is 0 Å². The van der Waals surface area contributed by atoms with Gasteiger partial charge in [0.25, 0.3) is 0 Å². The highest BCUT2D eigenvalue weighted by molar-refractivity contribution is 6.30. The molecule has 0 spiro atoms. The van der Waals surface area contributed by atoms with E-state index in [4.69, 9.17) is 16.7 Å². The normalized spacial score (nSPS) is 24.7. The Labute approximate surface area is 87.5 Å². The molecule has 1 aromatic rings. The molecule has 0 saturated heterocycles. The van der Waals surface area contributed by atoms with Gasteiger partial charge in [-0.3, -0.25) is 4.79 Å². The quantitative estimate of drug-likeness (QED) is 0.815. The van der Waals surface area contributed by atoms with Crippen molar-refractivity contribution in [3.8, 4) is 0 Å². The second-order valence-corrected chi connectivity index (χ2v) is 4.22. The molecule has 1 aromatic carbocycles. The predicted octanol–water partition coefficient (Wildman–Crippen LogP) is 2.84. The lowest BCUT2D eigenvalue weighted by atomic mass is 10.0. The number of carboxylic acids is 1. The molecule has 1 aliphatic carbocycles. The van der Waals surface area contributed by atoms with Crippen molar-refractivity contribution in [2.75, 3.05) is 0 Å². The van der Waals surface area contributed by atoms with Crippen LogP contribution in [0.4, 0.5) is 0 Å². The monoisotopic (exact) mass is 210 g/mol. The zero-order valence-corrected chi connectivity index (χ0v) is 8.58. The van der Waals surface area contributed by atoms with E-state index in [9.17, 15) is 4.79 Å². The third-order valence-electron chi connectivity index (χ3n) is 2.74. The first-order valence-corrected chi connectivity index (χ1v) is 4.96. The molecule has 0 heterocycles. The fourth-order valence-corrected chi connectivity index (χ4v) is 2.09. The van der Waals surface area contributed by atoms with Gasteiger partial charge < -0.3 is 5.11 Å². The molecule has 2 atom stereocenters. The largest absolute Gasteiger partial charge is 0.481 e. The van der Waals surface area contributed by atoms with Gasteiger partial charge in [-0.2, -0.15) is 0 Å². The first-order valence-electron chi connectivity index (χ1n) is 4.58. The van der Waals surface area contributed by atoms with Crippen molar-refractivity contribution < 1.29 is 9.90 Å². The minimum Gasteiger partial charge on any atom is -0.481 e. The van der Waals surface area contributed by atoms with Gasteiger partial charge in [-0.25, -0.2) is 0 Å². The summed E-state index contributed by atoms with van der Waals surface area (Å²) in [6.07, 6.45) is 0.762. The van der Waals surface area contributed by atoms with Crippen LogP contribution < -0.4 is 0 Å². The maximum absolute atomic E-state index is 10.7. The Bertz CT molecular complexity index is 387. The van der Waals surface area contributed by atoms with E-state index in [0.29, 0.717) is 5.02 Å². The molecule has 1 fully saturated rings. The fourth-order valence-electron chi connectivity index (χ4n) is 1.87. The van der Waals surface area contributed by atoms with E-state index < -0.39 is 5.97 Å². The first-order chi connectivity index (χ1) is 6.59. The van der Waals surface area contributed by atoms with E-state index in [0.717, 1.165) is 17.5 Å². The summed E-state index contributed by atoms with van der Waals surface area (Å²) >= 11 is 5.82. The lowest BCUT2D eigenvalue weighted by Crippen LogP contribution is -1.99. The van der Waals surface area contributed by atoms with Crippen LogP contribution in [0.5, 0.6) is 0 Å². The van der Waals surface area contributed by atoms with Crippen molar-refractivity contribution in [1.82, 2.24) is 0 Å². The summed E-state index contributed by atoms with van der Waals surface area (Å²) in [6.45, 7) is 1.97. The Morgan fingerprint density at radius 1 is 1.57 bits per heavy atom. The number of rotatable bonds is 2. The summed E-state index contributed by atoms with van der Waals surface area (Å²) in [5.41, 5.74) is 2.22. The minimum atomic E-state index is -0.690. The Morgan fingerprint density at radius 3 is 2.79 bits per heavy atom. The van der Waals surface area contributed by atoms with Crippen molar-refractivity contribution in [3.05, 3.63) is 34.3 Å². The third kappa shape index (κ3) is 1.62. The number of aryl methyl sites for hydroxylation is 1. The SMILES string of the molecule is Cc1cc(Cl)ccc1C1CC1C(=O)O. The number of benzene rings is 1. The molecule has 2 unspecified atom stereocenters. The second-order valence-electron chi connectivity index (χ2n) is 3.79. The molecule has 74 valence electrons. The zero-order valence-electron chi connectivity index (χ0n) is 7.83. The molecule has 0 aliphatic heterocycles. The maximum atomic E-state index is 10.7. The van der Waals surface area contributed by atoms with Crippen molar-refractivity contribution in [2.24, 2.45) is 5.92 Å². The van der Waals surface area contributed by atoms with Crippen LogP contribution in [-0.2, 0) is 4.79 Å². The molecular weight excluding hydrogens is 200 g/mol. The molecule has 1 N–H and O–H groups in total. The molecule has 2 rings (SSSR count). The van der Waals surface area contributed by atoms with E-state index in [1.165, 1.54) is 0 Å². The van der Waals surface area contributed by atoms with E-state index in [1.54, 1.807) is 0 Å². The molecule has 1 aliphatic rings. The highest BCUT2D eigenvalue weighted by Gasteiger charge is 2.44. The summed E-state index contributed by atoms with van der Waals surface area (Å²) in [7, 11) is 0. The van der Waals surface area contributed by atoms with Gasteiger partial charge in [0.2, 0.25) is 0 Å². The molecule has 1 saturated carbocycles. The highest BCUT2D eigenvalue weighted by Crippen LogP contribution is 2.48. The first kappa shape index (κ1) is 9.53. The Hall–Kier alpha value is -1.02. The standard InChI is InChI=1S/C11H11ClO2/c1-6-4-7(12)2-3-8(6)9-5-10(9)11(13)14/h2-4,9-10H,5H2,1H3,(H,13,14). The summed E-state index contributed by atoms with van der Waals surface area (Å²) in [5.74, 6) is -0.677. The van der Waals surface area contributed by atoms with E-state index >= 15 is 0 Å². The maximum Gasteiger partial charge on any atom is 0.307 e. The number of aliphatic carboxylic acids is 1. The van der Waals surface area contributed by atoms with Crippen LogP contribution in [0, 0.1) is 12.8 Å². The smallest absolute Gasteiger partial charge is 0.307 e. The summed E-state index contributed by atoms with van der Waals surface area (Å²) in [5, 5.41) is 9.51. The van der Waals surface area contributed by atoms with Crippen LogP contribution in [0.15, 0.2) is 18.2 Å². The lowest BCUT2D eigenvalue weighted by Gasteiger charge is -2.04. The van der Waals surface area contributed by atoms with Crippen molar-refractivity contribution >= 4 is 17.6 Å². The number of halogens is 1. The Morgan fingerprint density at radius 2 is 2.29 bits per heavy atom. The number of carboxylic acid groups (broad SMARTS) is 1. The van der Waals surface area contributed by atoms with Crippen LogP contribution >= 0.6 is 11.6 Å². The van der Waals surface area contributed by atoms with Crippen molar-refractivity contribution in [3.63, 3.8) is 0 Å². The van der Waals surface area contributed by atoms with E-state index in [2.05, 4.69) is 0 Å². The average molecular weight is 211 g/mol. The average Bonchev–Trinajstić information content (AvgIpc) is 2.83. The van der Waals surface area contributed by atoms with Gasteiger partial charge in [-0.15, -0.1) is 0 Å². The number of carbonyl (C=O) groups is 1. The third-order valence-corrected chi connectivity index (χ3v) is 2.97. The molecule has 0 bridgehead atoms. The Balaban J connectivity index is 2.23. The van der Waals surface area contributed by atoms with Crippen LogP contribution in [0.2, 0.25) is 5.02 Å². The molecule has 14 heavy (non-hydrogen) atoms. The van der Waals surface area contributed by atoms with E-state index in [1.807, 2.05) is 25.1 Å². The van der Waals surface area contributed by atoms with Crippen LogP contribution in [-0.4, -0.2) is 11.1 Å². The molecule has 0 amide bonds. The van der Waals surface area contributed by atoms with Crippen molar-refractivity contribution in [2.45, 2.75) is 19.3 Å². The van der Waals surface area contributed by atoms with Crippen LogP contribution in [0.1, 0.15) is 23.5 Å². The van der Waals surface area contributed by atoms with E-state index in [-0.39, 0.29) is 11.8 Å². The molecule has 3 heteroatoms. The van der Waals surface area contributed by atoms with Gasteiger partial charge in [-0.05, 0) is 42.5 Å². The van der Waals surface area contributed by atoms with Gasteiger partial charge in [-0.1, -0.05) is 17.7 Å². The Kier molecular flexibility index (Phi) is 2.23. The minimum absolute atomic E-state index is 0.185. The fraction of sp³-hybridized carbons (Fsp3) is 0.364. The summed E-state index contributed by atoms with van der Waals surface area (Å²) in [4.78, 5) is 10.7. The van der Waals surface area contributed by atoms with Gasteiger partial charge in [0.05, 0.1) is 5.92 Å². The molecule has 2 nitrogen and oxygen atoms in total. The van der Waals surface area contributed by atoms with Gasteiger partial charge >= 0.3 is 5.97 Å². The van der Waals surface area contributed by atoms with Gasteiger partial charge in [0.1, 0.15) is 0 Å². The summed E-state index contributed by atoms with van der Waals surface area (Å²) < 4.78 is 0. The van der Waals surface area contributed by atoms with Gasteiger partial charge in [0.15, 0.2) is 0 Å².